The highest BCUT2D eigenvalue weighted by Crippen LogP contribution is 2.42. The molecule has 0 aromatic carbocycles. The monoisotopic (exact) mass is 235 g/mol. The van der Waals surface area contributed by atoms with Crippen LogP contribution in [0.4, 0.5) is 0 Å². The Bertz CT molecular complexity index is 440. The number of aliphatic hydroxyl groups is 1. The Morgan fingerprint density at radius 3 is 2.35 bits per heavy atom. The van der Waals surface area contributed by atoms with E-state index in [0.29, 0.717) is 12.1 Å². The van der Waals surface area contributed by atoms with Crippen molar-refractivity contribution >= 4 is 0 Å². The van der Waals surface area contributed by atoms with Gasteiger partial charge >= 0.3 is 0 Å². The molecule has 2 fully saturated rings. The van der Waals surface area contributed by atoms with Gasteiger partial charge in [-0.1, -0.05) is 0 Å². The number of aromatic nitrogens is 2. The lowest BCUT2D eigenvalue weighted by Gasteiger charge is -2.37. The minimum absolute atomic E-state index is 0.484. The zero-order valence-electron chi connectivity index (χ0n) is 10.8. The average molecular weight is 235 g/mol. The summed E-state index contributed by atoms with van der Waals surface area (Å²) in [7, 11) is 1.95. The van der Waals surface area contributed by atoms with E-state index in [4.69, 9.17) is 0 Å². The zero-order chi connectivity index (χ0) is 12.2. The Labute approximate surface area is 102 Å². The first-order valence-electron chi connectivity index (χ1n) is 6.49. The SMILES string of the molecule is Cc1nn(C)c(C)c1C1(O)CC2CCC(C1)N2. The van der Waals surface area contributed by atoms with Gasteiger partial charge < -0.3 is 10.4 Å². The number of hydrogen-bond donors (Lipinski definition) is 2. The van der Waals surface area contributed by atoms with Gasteiger partial charge in [-0.2, -0.15) is 5.10 Å². The summed E-state index contributed by atoms with van der Waals surface area (Å²) in [5.74, 6) is 0. The van der Waals surface area contributed by atoms with Crippen molar-refractivity contribution < 1.29 is 5.11 Å². The number of fused-ring (bicyclic) bond motifs is 2. The largest absolute Gasteiger partial charge is 0.385 e. The van der Waals surface area contributed by atoms with E-state index in [9.17, 15) is 5.11 Å². The van der Waals surface area contributed by atoms with E-state index >= 15 is 0 Å². The van der Waals surface area contributed by atoms with Gasteiger partial charge in [0.1, 0.15) is 0 Å². The van der Waals surface area contributed by atoms with E-state index in [1.165, 1.54) is 12.8 Å². The summed E-state index contributed by atoms with van der Waals surface area (Å²) in [5, 5.41) is 19.0. The molecule has 0 aliphatic carbocycles. The number of rotatable bonds is 1. The van der Waals surface area contributed by atoms with Gasteiger partial charge in [-0.15, -0.1) is 0 Å². The molecule has 2 N–H and O–H groups in total. The van der Waals surface area contributed by atoms with E-state index in [1.54, 1.807) is 0 Å². The van der Waals surface area contributed by atoms with Gasteiger partial charge in [0.2, 0.25) is 0 Å². The molecule has 0 saturated carbocycles. The topological polar surface area (TPSA) is 50.1 Å². The molecule has 3 heterocycles. The summed E-state index contributed by atoms with van der Waals surface area (Å²) in [6, 6.07) is 0.968. The number of hydrogen-bond acceptors (Lipinski definition) is 3. The molecule has 2 saturated heterocycles. The lowest BCUT2D eigenvalue weighted by Crippen LogP contribution is -2.47. The maximum Gasteiger partial charge on any atom is 0.0961 e. The highest BCUT2D eigenvalue weighted by atomic mass is 16.3. The van der Waals surface area contributed by atoms with Gasteiger partial charge in [-0.3, -0.25) is 4.68 Å². The molecule has 2 atom stereocenters. The Balaban J connectivity index is 2.02. The van der Waals surface area contributed by atoms with Crippen LogP contribution in [0, 0.1) is 13.8 Å². The predicted octanol–water partition coefficient (Wildman–Crippen LogP) is 1.14. The quantitative estimate of drug-likeness (QED) is 0.767. The third-order valence-corrected chi connectivity index (χ3v) is 4.48. The molecule has 0 spiro atoms. The third kappa shape index (κ3) is 1.62. The van der Waals surface area contributed by atoms with Crippen molar-refractivity contribution in [2.24, 2.45) is 7.05 Å². The molecule has 2 aliphatic rings. The number of piperidine rings is 1. The van der Waals surface area contributed by atoms with Crippen LogP contribution in [0.3, 0.4) is 0 Å². The number of nitrogens with one attached hydrogen (secondary N) is 1. The first kappa shape index (κ1) is 11.2. The average Bonchev–Trinajstić information content (AvgIpc) is 2.69. The van der Waals surface area contributed by atoms with Gasteiger partial charge in [0, 0.05) is 30.4 Å². The van der Waals surface area contributed by atoms with Crippen molar-refractivity contribution in [1.82, 2.24) is 15.1 Å². The molecule has 17 heavy (non-hydrogen) atoms. The summed E-state index contributed by atoms with van der Waals surface area (Å²) < 4.78 is 1.88. The smallest absolute Gasteiger partial charge is 0.0961 e. The second-order valence-electron chi connectivity index (χ2n) is 5.75. The van der Waals surface area contributed by atoms with Crippen molar-refractivity contribution in [2.45, 2.75) is 57.2 Å². The van der Waals surface area contributed by atoms with E-state index in [1.807, 2.05) is 18.7 Å². The molecule has 4 heteroatoms. The molecular weight excluding hydrogens is 214 g/mol. The zero-order valence-corrected chi connectivity index (χ0v) is 10.8. The fourth-order valence-electron chi connectivity index (χ4n) is 3.77. The molecular formula is C13H21N3O. The fourth-order valence-corrected chi connectivity index (χ4v) is 3.77. The molecule has 2 bridgehead atoms. The highest BCUT2D eigenvalue weighted by molar-refractivity contribution is 5.32. The van der Waals surface area contributed by atoms with Crippen molar-refractivity contribution in [2.75, 3.05) is 0 Å². The second-order valence-corrected chi connectivity index (χ2v) is 5.75. The second kappa shape index (κ2) is 3.56. The number of nitrogens with zero attached hydrogens (tertiary/aromatic N) is 2. The summed E-state index contributed by atoms with van der Waals surface area (Å²) >= 11 is 0. The van der Waals surface area contributed by atoms with Crippen LogP contribution in [0.2, 0.25) is 0 Å². The summed E-state index contributed by atoms with van der Waals surface area (Å²) in [5.41, 5.74) is 2.48. The lowest BCUT2D eigenvalue weighted by molar-refractivity contribution is -0.0125. The van der Waals surface area contributed by atoms with Crippen LogP contribution in [0.25, 0.3) is 0 Å². The van der Waals surface area contributed by atoms with Crippen LogP contribution in [-0.4, -0.2) is 27.0 Å². The lowest BCUT2D eigenvalue weighted by atomic mass is 9.80. The first-order chi connectivity index (χ1) is 7.99. The summed E-state index contributed by atoms with van der Waals surface area (Å²) in [6.45, 7) is 4.06. The molecule has 94 valence electrons. The Morgan fingerprint density at radius 1 is 1.29 bits per heavy atom. The van der Waals surface area contributed by atoms with Crippen molar-refractivity contribution in [1.29, 1.82) is 0 Å². The van der Waals surface area contributed by atoms with Crippen LogP contribution < -0.4 is 5.32 Å². The van der Waals surface area contributed by atoms with E-state index in [0.717, 1.165) is 29.8 Å². The van der Waals surface area contributed by atoms with E-state index < -0.39 is 5.60 Å². The molecule has 1 aromatic heterocycles. The van der Waals surface area contributed by atoms with Gasteiger partial charge in [0.25, 0.3) is 0 Å². The normalized spacial score (nSPS) is 36.5. The fraction of sp³-hybridized carbons (Fsp3) is 0.769. The summed E-state index contributed by atoms with van der Waals surface area (Å²) in [6.07, 6.45) is 4.06. The third-order valence-electron chi connectivity index (χ3n) is 4.48. The van der Waals surface area contributed by atoms with Crippen LogP contribution >= 0.6 is 0 Å². The van der Waals surface area contributed by atoms with Gasteiger partial charge in [0.15, 0.2) is 0 Å². The Hall–Kier alpha value is -0.870. The van der Waals surface area contributed by atoms with Crippen LogP contribution in [0.5, 0.6) is 0 Å². The number of aryl methyl sites for hydroxylation is 2. The van der Waals surface area contributed by atoms with Gasteiger partial charge in [0.05, 0.1) is 11.3 Å². The maximum absolute atomic E-state index is 11.0. The minimum Gasteiger partial charge on any atom is -0.385 e. The van der Waals surface area contributed by atoms with Crippen molar-refractivity contribution in [3.63, 3.8) is 0 Å². The molecule has 1 aromatic rings. The Morgan fingerprint density at radius 2 is 1.88 bits per heavy atom. The Kier molecular flexibility index (Phi) is 2.35. The van der Waals surface area contributed by atoms with Crippen molar-refractivity contribution in [3.05, 3.63) is 17.0 Å². The maximum atomic E-state index is 11.0. The highest BCUT2D eigenvalue weighted by Gasteiger charge is 2.45. The minimum atomic E-state index is -0.667. The summed E-state index contributed by atoms with van der Waals surface area (Å²) in [4.78, 5) is 0. The molecule has 0 amide bonds. The molecule has 2 unspecified atom stereocenters. The predicted molar refractivity (Wildman–Crippen MR) is 65.8 cm³/mol. The van der Waals surface area contributed by atoms with E-state index in [-0.39, 0.29) is 0 Å². The van der Waals surface area contributed by atoms with Gasteiger partial charge in [-0.05, 0) is 39.5 Å². The standard InChI is InChI=1S/C13H21N3O/c1-8-12(9(2)16(3)15-8)13(17)6-10-4-5-11(7-13)14-10/h10-11,14,17H,4-7H2,1-3H3. The molecule has 3 rings (SSSR count). The van der Waals surface area contributed by atoms with Crippen LogP contribution in [0.1, 0.15) is 42.6 Å². The van der Waals surface area contributed by atoms with Crippen LogP contribution in [0.15, 0.2) is 0 Å². The first-order valence-corrected chi connectivity index (χ1v) is 6.49. The van der Waals surface area contributed by atoms with Crippen LogP contribution in [-0.2, 0) is 12.6 Å². The molecule has 2 aliphatic heterocycles. The van der Waals surface area contributed by atoms with Gasteiger partial charge in [-0.25, -0.2) is 0 Å². The van der Waals surface area contributed by atoms with E-state index in [2.05, 4.69) is 17.3 Å². The molecule has 0 radical (unpaired) electrons. The van der Waals surface area contributed by atoms with Crippen molar-refractivity contribution in [3.8, 4) is 0 Å². The molecule has 4 nitrogen and oxygen atoms in total.